The number of nitrogens with one attached hydrogen (secondary N) is 1. The molecule has 2 aromatic carbocycles. The van der Waals surface area contributed by atoms with Crippen molar-refractivity contribution in [1.29, 1.82) is 5.41 Å². The summed E-state index contributed by atoms with van der Waals surface area (Å²) in [6.45, 7) is -0.939. The fourth-order valence-corrected chi connectivity index (χ4v) is 3.45. The van der Waals surface area contributed by atoms with Gasteiger partial charge in [-0.1, -0.05) is 18.2 Å². The van der Waals surface area contributed by atoms with Crippen LogP contribution >= 0.6 is 0 Å². The molecular weight excluding hydrogens is 435 g/mol. The Hall–Kier alpha value is -3.95. The molecule has 1 aliphatic heterocycles. The van der Waals surface area contributed by atoms with Crippen LogP contribution in [0, 0.1) is 11.2 Å². The van der Waals surface area contributed by atoms with Crippen LogP contribution in [-0.2, 0) is 0 Å². The van der Waals surface area contributed by atoms with E-state index in [4.69, 9.17) is 10.1 Å². The molecule has 0 amide bonds. The van der Waals surface area contributed by atoms with Crippen LogP contribution in [0.25, 0.3) is 5.69 Å². The van der Waals surface area contributed by atoms with Gasteiger partial charge in [0.15, 0.2) is 17.3 Å². The van der Waals surface area contributed by atoms with Crippen LogP contribution in [0.4, 0.5) is 24.5 Å². The number of hydrogen-bond acceptors (Lipinski definition) is 6. The fraction of sp³-hybridized carbons (Fsp3) is 0.217. The Morgan fingerprint density at radius 1 is 1.24 bits per heavy atom. The number of aromatic nitrogens is 2. The van der Waals surface area contributed by atoms with Gasteiger partial charge in [-0.3, -0.25) is 9.79 Å². The summed E-state index contributed by atoms with van der Waals surface area (Å²) in [6.07, 6.45) is 2.35. The Morgan fingerprint density at radius 3 is 2.58 bits per heavy atom. The number of hydrogen-bond donors (Lipinski definition) is 1. The molecule has 0 spiro atoms. The van der Waals surface area contributed by atoms with E-state index < -0.39 is 30.3 Å². The summed E-state index contributed by atoms with van der Waals surface area (Å²) in [5, 5.41) is 11.8. The Kier molecular flexibility index (Phi) is 5.99. The van der Waals surface area contributed by atoms with Crippen LogP contribution in [-0.4, -0.2) is 47.8 Å². The number of nitrogens with zero attached hydrogens (tertiary/aromatic N) is 4. The zero-order valence-corrected chi connectivity index (χ0v) is 17.6. The molecule has 10 heteroatoms. The first-order valence-corrected chi connectivity index (χ1v) is 10.0. The van der Waals surface area contributed by atoms with E-state index in [9.17, 15) is 18.0 Å². The van der Waals surface area contributed by atoms with Crippen LogP contribution < -0.4 is 15.1 Å². The molecule has 1 saturated heterocycles. The van der Waals surface area contributed by atoms with Crippen LogP contribution in [0.1, 0.15) is 12.1 Å². The van der Waals surface area contributed by atoms with E-state index in [1.807, 2.05) is 6.07 Å². The van der Waals surface area contributed by atoms with Gasteiger partial charge in [0.2, 0.25) is 0 Å². The van der Waals surface area contributed by atoms with Gasteiger partial charge in [-0.05, 0) is 30.3 Å². The van der Waals surface area contributed by atoms with E-state index in [0.29, 0.717) is 11.4 Å². The average molecular weight is 455 g/mol. The first kappa shape index (κ1) is 22.3. The molecule has 3 aromatic rings. The molecule has 1 aliphatic rings. The van der Waals surface area contributed by atoms with Crippen molar-refractivity contribution >= 4 is 23.3 Å². The summed E-state index contributed by atoms with van der Waals surface area (Å²) in [5.74, 6) is -3.57. The van der Waals surface area contributed by atoms with Gasteiger partial charge < -0.3 is 15.0 Å². The highest BCUT2D eigenvalue weighted by Gasteiger charge is 2.44. The normalized spacial score (nSPS) is 15.2. The number of rotatable bonds is 7. The molecule has 170 valence electrons. The number of benzene rings is 2. The first-order valence-electron chi connectivity index (χ1n) is 10.0. The van der Waals surface area contributed by atoms with E-state index in [2.05, 4.69) is 10.1 Å². The number of aliphatic imine (C=N–C) groups is 1. The van der Waals surface area contributed by atoms with Crippen molar-refractivity contribution in [2.75, 3.05) is 25.1 Å². The molecule has 7 nitrogen and oxygen atoms in total. The second kappa shape index (κ2) is 8.89. The summed E-state index contributed by atoms with van der Waals surface area (Å²) in [6, 6.07) is 12.9. The summed E-state index contributed by atoms with van der Waals surface area (Å²) in [5.41, 5.74) is 0.461. The zero-order chi connectivity index (χ0) is 23.6. The lowest BCUT2D eigenvalue weighted by Crippen LogP contribution is -2.56. The van der Waals surface area contributed by atoms with E-state index in [0.717, 1.165) is 17.0 Å². The maximum atomic E-state index is 15.0. The molecule has 1 fully saturated rings. The Morgan fingerprint density at radius 2 is 1.97 bits per heavy atom. The van der Waals surface area contributed by atoms with Crippen molar-refractivity contribution in [2.24, 2.45) is 4.99 Å². The molecule has 1 aromatic heterocycles. The van der Waals surface area contributed by atoms with E-state index in [1.165, 1.54) is 30.3 Å². The highest BCUT2D eigenvalue weighted by molar-refractivity contribution is 6.06. The molecule has 4 rings (SSSR count). The van der Waals surface area contributed by atoms with Gasteiger partial charge >= 0.3 is 0 Å². The molecule has 33 heavy (non-hydrogen) atoms. The van der Waals surface area contributed by atoms with Crippen LogP contribution in [0.3, 0.4) is 0 Å². The van der Waals surface area contributed by atoms with Gasteiger partial charge in [0.05, 0.1) is 37.8 Å². The van der Waals surface area contributed by atoms with E-state index in [1.54, 1.807) is 24.3 Å². The maximum absolute atomic E-state index is 15.0. The third kappa shape index (κ3) is 4.64. The fourth-order valence-electron chi connectivity index (χ4n) is 3.45. The lowest BCUT2D eigenvalue weighted by atomic mass is 10.1. The third-order valence-corrected chi connectivity index (χ3v) is 5.08. The first-order chi connectivity index (χ1) is 15.8. The highest BCUT2D eigenvalue weighted by Crippen LogP contribution is 2.33. The minimum absolute atomic E-state index is 0.000465. The van der Waals surface area contributed by atoms with Crippen molar-refractivity contribution < 1.29 is 17.9 Å². The van der Waals surface area contributed by atoms with Crippen LogP contribution in [0.2, 0.25) is 0 Å². The number of para-hydroxylation sites is 1. The molecule has 0 saturated carbocycles. The van der Waals surface area contributed by atoms with Gasteiger partial charge in [0.1, 0.15) is 5.69 Å². The zero-order valence-electron chi connectivity index (χ0n) is 17.6. The summed E-state index contributed by atoms with van der Waals surface area (Å²) in [4.78, 5) is 18.7. The number of alkyl halides is 2. The minimum atomic E-state index is -2.78. The Bertz CT molecular complexity index is 1270. The van der Waals surface area contributed by atoms with Gasteiger partial charge in [-0.25, -0.2) is 17.9 Å². The highest BCUT2D eigenvalue weighted by atomic mass is 19.3. The molecule has 1 N–H and O–H groups in total. The molecule has 2 heterocycles. The van der Waals surface area contributed by atoms with Crippen molar-refractivity contribution in [1.82, 2.24) is 9.78 Å². The Labute approximate surface area is 187 Å². The van der Waals surface area contributed by atoms with Gasteiger partial charge in [-0.2, -0.15) is 5.10 Å². The number of halogens is 3. The molecular formula is C23H20F3N5O2. The predicted octanol–water partition coefficient (Wildman–Crippen LogP) is 4.00. The molecule has 0 atom stereocenters. The largest absolute Gasteiger partial charge is 0.491 e. The quantitative estimate of drug-likeness (QED) is 0.546. The van der Waals surface area contributed by atoms with Gasteiger partial charge in [-0.15, -0.1) is 0 Å². The second-order valence-corrected chi connectivity index (χ2v) is 7.47. The van der Waals surface area contributed by atoms with Crippen molar-refractivity contribution in [3.63, 3.8) is 0 Å². The molecule has 0 bridgehead atoms. The average Bonchev–Trinajstić information content (AvgIpc) is 2.78. The molecule has 0 radical (unpaired) electrons. The summed E-state index contributed by atoms with van der Waals surface area (Å²) in [7, 11) is 1.30. The lowest BCUT2D eigenvalue weighted by molar-refractivity contribution is -0.0262. The van der Waals surface area contributed by atoms with Crippen LogP contribution in [0.15, 0.2) is 64.5 Å². The molecule has 0 unspecified atom stereocenters. The van der Waals surface area contributed by atoms with Crippen molar-refractivity contribution in [3.05, 3.63) is 76.5 Å². The SMILES string of the molecule is COc1cn(-c2ccc(N3CC(F)(F)C3)cc2F)nc(C(CC=N)=Nc2ccccc2)c1=O. The Balaban J connectivity index is 1.78. The molecule has 0 aliphatic carbocycles. The van der Waals surface area contributed by atoms with E-state index >= 15 is 0 Å². The van der Waals surface area contributed by atoms with E-state index in [-0.39, 0.29) is 29.3 Å². The number of anilines is 1. The summed E-state index contributed by atoms with van der Waals surface area (Å²) < 4.78 is 47.6. The smallest absolute Gasteiger partial charge is 0.282 e. The van der Waals surface area contributed by atoms with Crippen LogP contribution in [0.5, 0.6) is 5.75 Å². The van der Waals surface area contributed by atoms with Crippen molar-refractivity contribution in [2.45, 2.75) is 12.3 Å². The van der Waals surface area contributed by atoms with Gasteiger partial charge in [0.25, 0.3) is 11.4 Å². The van der Waals surface area contributed by atoms with Crippen molar-refractivity contribution in [3.8, 4) is 11.4 Å². The lowest BCUT2D eigenvalue weighted by Gasteiger charge is -2.40. The standard InChI is InChI=1S/C23H20F3N5O2/c1-33-20-12-31(19-8-7-16(11-17(19)24)30-13-23(25,26)14-30)29-21(22(20)32)18(9-10-27)28-15-5-3-2-4-6-15/h2-8,10-12,27H,9,13-14H2,1H3. The monoisotopic (exact) mass is 455 g/mol. The number of ether oxygens (including phenoxy) is 1. The predicted molar refractivity (Wildman–Crippen MR) is 120 cm³/mol. The van der Waals surface area contributed by atoms with Gasteiger partial charge in [0, 0.05) is 18.3 Å². The number of methoxy groups -OCH3 is 1. The topological polar surface area (TPSA) is 83.6 Å². The summed E-state index contributed by atoms with van der Waals surface area (Å²) >= 11 is 0. The maximum Gasteiger partial charge on any atom is 0.282 e. The third-order valence-electron chi connectivity index (χ3n) is 5.08. The second-order valence-electron chi connectivity index (χ2n) is 7.47. The minimum Gasteiger partial charge on any atom is -0.491 e.